The molecule has 0 radical (unpaired) electrons. The molecule has 17 heavy (non-hydrogen) atoms. The molecule has 0 bridgehead atoms. The lowest BCUT2D eigenvalue weighted by molar-refractivity contribution is 0.0862. The molecule has 1 nitrogen and oxygen atoms in total. The highest BCUT2D eigenvalue weighted by molar-refractivity contribution is 7.10. The van der Waals surface area contributed by atoms with Crippen molar-refractivity contribution in [2.24, 2.45) is 0 Å². The zero-order valence-corrected chi connectivity index (χ0v) is 10.4. The molecule has 1 aliphatic rings. The minimum atomic E-state index is -0.990. The molecule has 0 spiro atoms. The zero-order valence-electron chi connectivity index (χ0n) is 9.53. The van der Waals surface area contributed by atoms with Gasteiger partial charge >= 0.3 is 0 Å². The second-order valence-electron chi connectivity index (χ2n) is 4.56. The van der Waals surface area contributed by atoms with Crippen molar-refractivity contribution in [3.63, 3.8) is 0 Å². The van der Waals surface area contributed by atoms with E-state index in [1.807, 2.05) is 24.4 Å². The predicted octanol–water partition coefficient (Wildman–Crippen LogP) is 3.38. The van der Waals surface area contributed by atoms with Crippen LogP contribution in [0.25, 0.3) is 0 Å². The number of aryl methyl sites for hydroxylation is 1. The van der Waals surface area contributed by atoms with Crippen LogP contribution in [0.2, 0.25) is 0 Å². The summed E-state index contributed by atoms with van der Waals surface area (Å²) >= 11 is 1.54. The highest BCUT2D eigenvalue weighted by atomic mass is 32.1. The number of rotatable bonds is 1. The van der Waals surface area contributed by atoms with Gasteiger partial charge in [0.05, 0.1) is 0 Å². The number of hydrogen-bond acceptors (Lipinski definition) is 2. The third kappa shape index (κ3) is 1.46. The predicted molar refractivity (Wildman–Crippen MR) is 66.8 cm³/mol. The quantitative estimate of drug-likeness (QED) is 0.820. The number of halogens is 1. The summed E-state index contributed by atoms with van der Waals surface area (Å²) in [5, 5.41) is 12.8. The molecule has 1 aromatic heterocycles. The monoisotopic (exact) mass is 248 g/mol. The van der Waals surface area contributed by atoms with E-state index in [2.05, 4.69) is 0 Å². The number of benzene rings is 1. The Bertz CT molecular complexity index is 575. The van der Waals surface area contributed by atoms with Crippen LogP contribution in [-0.2, 0) is 12.0 Å². The summed E-state index contributed by atoms with van der Waals surface area (Å²) in [4.78, 5) is 0.946. The largest absolute Gasteiger partial charge is 0.380 e. The van der Waals surface area contributed by atoms with Crippen LogP contribution in [0.4, 0.5) is 4.39 Å². The normalized spacial score (nSPS) is 22.8. The lowest BCUT2D eigenvalue weighted by Gasteiger charge is -2.23. The van der Waals surface area contributed by atoms with Crippen LogP contribution < -0.4 is 0 Å². The molecule has 0 saturated heterocycles. The average molecular weight is 248 g/mol. The molecule has 1 heterocycles. The van der Waals surface area contributed by atoms with Gasteiger partial charge < -0.3 is 5.11 Å². The first kappa shape index (κ1) is 10.9. The summed E-state index contributed by atoms with van der Waals surface area (Å²) in [7, 11) is 0. The van der Waals surface area contributed by atoms with Gasteiger partial charge in [-0.15, -0.1) is 11.3 Å². The molecule has 1 unspecified atom stereocenters. The van der Waals surface area contributed by atoms with E-state index in [1.165, 1.54) is 6.07 Å². The SMILES string of the molecule is Cc1ccsc1C1(O)CCc2c(F)cccc21. The maximum Gasteiger partial charge on any atom is 0.126 e. The Balaban J connectivity index is 2.21. The fraction of sp³-hybridized carbons (Fsp3) is 0.286. The van der Waals surface area contributed by atoms with E-state index < -0.39 is 5.60 Å². The van der Waals surface area contributed by atoms with Crippen molar-refractivity contribution >= 4 is 11.3 Å². The second kappa shape index (κ2) is 3.65. The lowest BCUT2D eigenvalue weighted by Crippen LogP contribution is -2.23. The van der Waals surface area contributed by atoms with E-state index in [0.717, 1.165) is 16.0 Å². The molecule has 3 rings (SSSR count). The molecule has 0 saturated carbocycles. The number of aliphatic hydroxyl groups is 1. The molecule has 0 amide bonds. The third-order valence-electron chi connectivity index (χ3n) is 3.54. The van der Waals surface area contributed by atoms with E-state index in [4.69, 9.17) is 0 Å². The summed E-state index contributed by atoms with van der Waals surface area (Å²) in [6.45, 7) is 1.99. The van der Waals surface area contributed by atoms with E-state index in [9.17, 15) is 9.50 Å². The van der Waals surface area contributed by atoms with Crippen LogP contribution in [0.15, 0.2) is 29.6 Å². The smallest absolute Gasteiger partial charge is 0.126 e. The molecule has 3 heteroatoms. The second-order valence-corrected chi connectivity index (χ2v) is 5.48. The summed E-state index contributed by atoms with van der Waals surface area (Å²) in [6, 6.07) is 6.97. The molecular weight excluding hydrogens is 235 g/mol. The van der Waals surface area contributed by atoms with Crippen molar-refractivity contribution < 1.29 is 9.50 Å². The molecule has 1 atom stereocenters. The maximum atomic E-state index is 13.7. The molecule has 0 fully saturated rings. The van der Waals surface area contributed by atoms with Gasteiger partial charge in [-0.25, -0.2) is 4.39 Å². The highest BCUT2D eigenvalue weighted by Crippen LogP contribution is 2.45. The van der Waals surface area contributed by atoms with Crippen molar-refractivity contribution in [1.29, 1.82) is 0 Å². The van der Waals surface area contributed by atoms with Crippen LogP contribution >= 0.6 is 11.3 Å². The first-order chi connectivity index (χ1) is 8.13. The van der Waals surface area contributed by atoms with Crippen LogP contribution in [-0.4, -0.2) is 5.11 Å². The minimum absolute atomic E-state index is 0.201. The number of hydrogen-bond donors (Lipinski definition) is 1. The van der Waals surface area contributed by atoms with Crippen molar-refractivity contribution in [3.8, 4) is 0 Å². The number of fused-ring (bicyclic) bond motifs is 1. The van der Waals surface area contributed by atoms with E-state index in [-0.39, 0.29) is 5.82 Å². The first-order valence-electron chi connectivity index (χ1n) is 5.68. The van der Waals surface area contributed by atoms with Crippen LogP contribution in [0.1, 0.15) is 28.0 Å². The van der Waals surface area contributed by atoms with Crippen molar-refractivity contribution in [2.45, 2.75) is 25.4 Å². The summed E-state index contributed by atoms with van der Waals surface area (Å²) in [6.07, 6.45) is 1.18. The van der Waals surface area contributed by atoms with Gasteiger partial charge in [0.1, 0.15) is 11.4 Å². The first-order valence-corrected chi connectivity index (χ1v) is 6.56. The van der Waals surface area contributed by atoms with E-state index >= 15 is 0 Å². The topological polar surface area (TPSA) is 20.2 Å². The third-order valence-corrected chi connectivity index (χ3v) is 4.71. The van der Waals surface area contributed by atoms with Gasteiger partial charge in [0, 0.05) is 4.88 Å². The minimum Gasteiger partial charge on any atom is -0.380 e. The Labute approximate surface area is 104 Å². The van der Waals surface area contributed by atoms with Crippen molar-refractivity contribution in [1.82, 2.24) is 0 Å². The van der Waals surface area contributed by atoms with Gasteiger partial charge in [-0.2, -0.15) is 0 Å². The number of thiophene rings is 1. The van der Waals surface area contributed by atoms with Gasteiger partial charge in [-0.1, -0.05) is 12.1 Å². The highest BCUT2D eigenvalue weighted by Gasteiger charge is 2.41. The van der Waals surface area contributed by atoms with Gasteiger partial charge in [0.2, 0.25) is 0 Å². The Morgan fingerprint density at radius 2 is 2.18 bits per heavy atom. The molecule has 1 N–H and O–H groups in total. The molecule has 0 aliphatic heterocycles. The standard InChI is InChI=1S/C14H13FOS/c1-9-6-8-17-13(9)14(16)7-5-10-11(14)3-2-4-12(10)15/h2-4,6,8,16H,5,7H2,1H3. The zero-order chi connectivity index (χ0) is 12.0. The van der Waals surface area contributed by atoms with Crippen molar-refractivity contribution in [2.75, 3.05) is 0 Å². The van der Waals surface area contributed by atoms with Gasteiger partial charge in [0.25, 0.3) is 0 Å². The maximum absolute atomic E-state index is 13.7. The fourth-order valence-electron chi connectivity index (χ4n) is 2.67. The van der Waals surface area contributed by atoms with Gasteiger partial charge in [-0.3, -0.25) is 0 Å². The molecular formula is C14H13FOS. The van der Waals surface area contributed by atoms with Crippen LogP contribution in [0.3, 0.4) is 0 Å². The van der Waals surface area contributed by atoms with E-state index in [1.54, 1.807) is 17.4 Å². The molecule has 1 aromatic carbocycles. The van der Waals surface area contributed by atoms with Crippen LogP contribution in [0.5, 0.6) is 0 Å². The molecule has 88 valence electrons. The Kier molecular flexibility index (Phi) is 2.35. The van der Waals surface area contributed by atoms with Crippen molar-refractivity contribution in [3.05, 3.63) is 57.0 Å². The average Bonchev–Trinajstić information content (AvgIpc) is 2.86. The molecule has 2 aromatic rings. The Morgan fingerprint density at radius 3 is 2.88 bits per heavy atom. The van der Waals surface area contributed by atoms with Gasteiger partial charge in [-0.05, 0) is 54.0 Å². The summed E-state index contributed by atoms with van der Waals surface area (Å²) in [5.74, 6) is -0.201. The lowest BCUT2D eigenvalue weighted by atomic mass is 9.92. The van der Waals surface area contributed by atoms with Gasteiger partial charge in [0.15, 0.2) is 0 Å². The molecule has 1 aliphatic carbocycles. The van der Waals surface area contributed by atoms with E-state index in [0.29, 0.717) is 18.4 Å². The summed E-state index contributed by atoms with van der Waals surface area (Å²) < 4.78 is 13.7. The van der Waals surface area contributed by atoms with Crippen LogP contribution in [0, 0.1) is 12.7 Å². The Morgan fingerprint density at radius 1 is 1.35 bits per heavy atom. The Hall–Kier alpha value is -1.19. The fourth-order valence-corrected chi connectivity index (χ4v) is 3.74. The summed E-state index contributed by atoms with van der Waals surface area (Å²) in [5.41, 5.74) is 1.50.